The molecule has 0 saturated heterocycles. The van der Waals surface area contributed by atoms with Crippen molar-refractivity contribution in [1.82, 2.24) is 0 Å². The Morgan fingerprint density at radius 1 is 1.11 bits per heavy atom. The van der Waals surface area contributed by atoms with Gasteiger partial charge in [0.05, 0.1) is 10.00 Å². The van der Waals surface area contributed by atoms with Crippen LogP contribution in [0.3, 0.4) is 0 Å². The molecule has 0 unspecified atom stereocenters. The smallest absolute Gasteiger partial charge is 0.359 e. The monoisotopic (exact) mass is 294 g/mol. The van der Waals surface area contributed by atoms with E-state index in [0.29, 0.717) is 12.8 Å². The lowest BCUT2D eigenvalue weighted by Crippen LogP contribution is -2.41. The molecule has 0 atom stereocenters. The summed E-state index contributed by atoms with van der Waals surface area (Å²) in [5.74, 6) is 0. The van der Waals surface area contributed by atoms with Crippen LogP contribution in [0.4, 0.5) is 0 Å². The summed E-state index contributed by atoms with van der Waals surface area (Å²) in [5, 5.41) is -0.750. The number of hydrogen-bond donors (Lipinski definition) is 0. The maximum atomic E-state index is 12.2. The van der Waals surface area contributed by atoms with E-state index < -0.39 is 34.0 Å². The second-order valence-corrected chi connectivity index (χ2v) is 10.5. The second kappa shape index (κ2) is 4.75. The van der Waals surface area contributed by atoms with Gasteiger partial charge in [0, 0.05) is 0 Å². The molecule has 0 amide bonds. The topological polar surface area (TPSA) is 105 Å². The molecule has 0 aromatic rings. The van der Waals surface area contributed by atoms with Gasteiger partial charge in [-0.1, -0.05) is 12.8 Å². The highest BCUT2D eigenvalue weighted by molar-refractivity contribution is 8.31. The van der Waals surface area contributed by atoms with E-state index >= 15 is 0 Å². The summed E-state index contributed by atoms with van der Waals surface area (Å²) in [7, 11) is -8.25. The molecule has 0 bridgehead atoms. The Hall–Kier alpha value is -0.720. The van der Waals surface area contributed by atoms with E-state index in [0.717, 1.165) is 12.8 Å². The molecule has 0 spiro atoms. The molecule has 104 valence electrons. The molecule has 18 heavy (non-hydrogen) atoms. The highest BCUT2D eigenvalue weighted by atomic mass is 32.3. The van der Waals surface area contributed by atoms with Crippen LogP contribution in [0.15, 0.2) is 0 Å². The predicted molar refractivity (Wildman–Crippen MR) is 68.5 cm³/mol. The van der Waals surface area contributed by atoms with Crippen LogP contribution < -0.4 is 0 Å². The lowest BCUT2D eigenvalue weighted by atomic mass is 10.3. The summed E-state index contributed by atoms with van der Waals surface area (Å²) in [6, 6.07) is 0. The molecular formula is C10H18N2O4S2. The van der Waals surface area contributed by atoms with Crippen molar-refractivity contribution in [3.8, 4) is 0 Å². The first-order valence-corrected chi connectivity index (χ1v) is 8.78. The third-order valence-electron chi connectivity index (χ3n) is 3.10. The van der Waals surface area contributed by atoms with E-state index in [-0.39, 0.29) is 0 Å². The van der Waals surface area contributed by atoms with Gasteiger partial charge in [-0.15, -0.1) is 4.79 Å². The van der Waals surface area contributed by atoms with Crippen molar-refractivity contribution >= 4 is 24.1 Å². The van der Waals surface area contributed by atoms with Crippen molar-refractivity contribution in [2.24, 2.45) is 0 Å². The van der Waals surface area contributed by atoms with Gasteiger partial charge in [-0.3, -0.25) is 0 Å². The first-order chi connectivity index (χ1) is 8.05. The molecule has 0 N–H and O–H groups in total. The fraction of sp³-hybridized carbons (Fsp3) is 0.900. The van der Waals surface area contributed by atoms with E-state index in [9.17, 15) is 16.8 Å². The molecule has 1 aliphatic rings. The van der Waals surface area contributed by atoms with Gasteiger partial charge in [-0.05, 0) is 33.6 Å². The van der Waals surface area contributed by atoms with Gasteiger partial charge in [-0.25, -0.2) is 16.8 Å². The molecule has 0 heterocycles. The van der Waals surface area contributed by atoms with Crippen LogP contribution in [0.25, 0.3) is 5.53 Å². The first kappa shape index (κ1) is 15.3. The Kier molecular flexibility index (Phi) is 4.05. The van der Waals surface area contributed by atoms with Crippen LogP contribution in [0.2, 0.25) is 0 Å². The SMILES string of the molecule is CC(C)(C)S(=O)(=O)C(=[N+]=[N-])S(=O)(=O)C1CCCC1. The standard InChI is InChI=1S/C10H18N2O4S2/c1-10(2,3)18(15,16)9(12-11)17(13,14)8-6-4-5-7-8/h8H,4-7H2,1-3H3. The van der Waals surface area contributed by atoms with Crippen molar-refractivity contribution in [2.75, 3.05) is 0 Å². The molecule has 1 saturated carbocycles. The first-order valence-electron chi connectivity index (χ1n) is 5.75. The summed E-state index contributed by atoms with van der Waals surface area (Å²) in [5.41, 5.74) is 8.85. The van der Waals surface area contributed by atoms with Crippen LogP contribution >= 0.6 is 0 Å². The van der Waals surface area contributed by atoms with E-state index in [1.165, 1.54) is 20.8 Å². The second-order valence-electron chi connectivity index (χ2n) is 5.43. The maximum Gasteiger partial charge on any atom is 0.495 e. The number of nitrogens with zero attached hydrogens (tertiary/aromatic N) is 2. The van der Waals surface area contributed by atoms with E-state index in [1.54, 1.807) is 0 Å². The highest BCUT2D eigenvalue weighted by Crippen LogP contribution is 2.29. The largest absolute Gasteiger partial charge is 0.495 e. The summed E-state index contributed by atoms with van der Waals surface area (Å²) < 4.78 is 46.2. The van der Waals surface area contributed by atoms with Crippen LogP contribution in [-0.4, -0.2) is 36.0 Å². The molecule has 8 heteroatoms. The van der Waals surface area contributed by atoms with E-state index in [1.807, 2.05) is 0 Å². The zero-order valence-electron chi connectivity index (χ0n) is 10.7. The Morgan fingerprint density at radius 2 is 1.56 bits per heavy atom. The molecule has 0 radical (unpaired) electrons. The molecule has 0 aromatic carbocycles. The van der Waals surface area contributed by atoms with Crippen molar-refractivity contribution in [3.63, 3.8) is 0 Å². The van der Waals surface area contributed by atoms with Crippen LogP contribution in [0.1, 0.15) is 46.5 Å². The Morgan fingerprint density at radius 3 is 1.89 bits per heavy atom. The van der Waals surface area contributed by atoms with Crippen LogP contribution in [0.5, 0.6) is 0 Å². The molecule has 1 aliphatic carbocycles. The molecular weight excluding hydrogens is 276 g/mol. The Bertz CT molecular complexity index is 572. The van der Waals surface area contributed by atoms with Gasteiger partial charge in [0.15, 0.2) is 0 Å². The molecule has 1 rings (SSSR count). The molecule has 6 nitrogen and oxygen atoms in total. The van der Waals surface area contributed by atoms with Gasteiger partial charge in [-0.2, -0.15) is 0 Å². The normalized spacial score (nSPS) is 18.6. The number of sulfone groups is 2. The van der Waals surface area contributed by atoms with Gasteiger partial charge >= 0.3 is 4.38 Å². The quantitative estimate of drug-likeness (QED) is 0.313. The predicted octanol–water partition coefficient (Wildman–Crippen LogP) is 1.14. The lowest BCUT2D eigenvalue weighted by molar-refractivity contribution is 0.00360. The fourth-order valence-electron chi connectivity index (χ4n) is 1.87. The van der Waals surface area contributed by atoms with Gasteiger partial charge in [0.2, 0.25) is 0 Å². The van der Waals surface area contributed by atoms with Crippen LogP contribution in [0, 0.1) is 0 Å². The number of hydrogen-bond acceptors (Lipinski definition) is 4. The number of rotatable bonds is 1. The van der Waals surface area contributed by atoms with Gasteiger partial charge in [0.1, 0.15) is 0 Å². The summed E-state index contributed by atoms with van der Waals surface area (Å²) >= 11 is 0. The van der Waals surface area contributed by atoms with Gasteiger partial charge < -0.3 is 5.53 Å². The molecule has 0 aliphatic heterocycles. The summed E-state index contributed by atoms with van der Waals surface area (Å²) in [6.45, 7) is 4.12. The van der Waals surface area contributed by atoms with E-state index in [4.69, 9.17) is 5.53 Å². The van der Waals surface area contributed by atoms with E-state index in [2.05, 4.69) is 4.79 Å². The lowest BCUT2D eigenvalue weighted by Gasteiger charge is -2.16. The molecule has 1 fully saturated rings. The van der Waals surface area contributed by atoms with Gasteiger partial charge in [0.25, 0.3) is 19.7 Å². The molecule has 0 aromatic heterocycles. The Balaban J connectivity index is 3.34. The summed E-state index contributed by atoms with van der Waals surface area (Å²) in [6.07, 6.45) is 2.33. The Labute approximate surface area is 108 Å². The average Bonchev–Trinajstić information content (AvgIpc) is 2.68. The van der Waals surface area contributed by atoms with Crippen molar-refractivity contribution in [2.45, 2.75) is 56.5 Å². The minimum atomic E-state index is -4.17. The third-order valence-corrected chi connectivity index (χ3v) is 8.53. The minimum absolute atomic E-state index is 0.418. The van der Waals surface area contributed by atoms with Crippen LogP contribution in [-0.2, 0) is 19.7 Å². The fourth-order valence-corrected chi connectivity index (χ4v) is 6.23. The zero-order valence-corrected chi connectivity index (χ0v) is 12.4. The zero-order chi connectivity index (χ0) is 14.2. The minimum Gasteiger partial charge on any atom is -0.359 e. The van der Waals surface area contributed by atoms with Crippen molar-refractivity contribution < 1.29 is 21.6 Å². The van der Waals surface area contributed by atoms with Crippen molar-refractivity contribution in [1.29, 1.82) is 0 Å². The third kappa shape index (κ3) is 2.50. The van der Waals surface area contributed by atoms with Crippen molar-refractivity contribution in [3.05, 3.63) is 5.53 Å². The average molecular weight is 294 g/mol. The highest BCUT2D eigenvalue weighted by Gasteiger charge is 2.51. The maximum absolute atomic E-state index is 12.2. The summed E-state index contributed by atoms with van der Waals surface area (Å²) in [4.78, 5) is 2.58.